The van der Waals surface area contributed by atoms with E-state index in [0.29, 0.717) is 53.4 Å². The lowest BCUT2D eigenvalue weighted by atomic mass is 10.0. The molecular formula is C41H44N10O5. The maximum absolute atomic E-state index is 13.4. The highest BCUT2D eigenvalue weighted by atomic mass is 16.3. The summed E-state index contributed by atoms with van der Waals surface area (Å²) < 4.78 is 3.19. The summed E-state index contributed by atoms with van der Waals surface area (Å²) in [6, 6.07) is 16.9. The molecule has 1 aliphatic carbocycles. The van der Waals surface area contributed by atoms with Gasteiger partial charge in [-0.1, -0.05) is 12.1 Å². The van der Waals surface area contributed by atoms with Gasteiger partial charge in [-0.05, 0) is 98.2 Å². The summed E-state index contributed by atoms with van der Waals surface area (Å²) in [4.78, 5) is 67.9. The van der Waals surface area contributed by atoms with Crippen LogP contribution < -0.4 is 26.4 Å². The van der Waals surface area contributed by atoms with Crippen molar-refractivity contribution in [1.82, 2.24) is 34.5 Å². The topological polar surface area (TPSA) is 180 Å². The molecule has 1 saturated heterocycles. The number of aliphatic hydroxyl groups excluding tert-OH is 1. The Morgan fingerprint density at radius 3 is 2.59 bits per heavy atom. The Morgan fingerprint density at radius 1 is 0.964 bits per heavy atom. The van der Waals surface area contributed by atoms with Crippen LogP contribution in [0.4, 0.5) is 23.0 Å². The van der Waals surface area contributed by atoms with E-state index in [9.17, 15) is 24.3 Å². The number of amides is 3. The second-order valence-corrected chi connectivity index (χ2v) is 14.5. The normalized spacial score (nSPS) is 17.5. The summed E-state index contributed by atoms with van der Waals surface area (Å²) >= 11 is 0. The first-order chi connectivity index (χ1) is 27.2. The molecule has 2 atom stereocenters. The lowest BCUT2D eigenvalue weighted by molar-refractivity contribution is -0.136. The lowest BCUT2D eigenvalue weighted by Gasteiger charge is -2.29. The third-order valence-corrected chi connectivity index (χ3v) is 10.8. The largest absolute Gasteiger partial charge is 0.387 e. The van der Waals surface area contributed by atoms with Gasteiger partial charge in [0.1, 0.15) is 11.4 Å². The number of imide groups is 1. The first-order valence-electron chi connectivity index (χ1n) is 19.1. The number of carbonyl (C=O) groups excluding carboxylic acids is 3. The van der Waals surface area contributed by atoms with Gasteiger partial charge < -0.3 is 25.5 Å². The van der Waals surface area contributed by atoms with Crippen molar-refractivity contribution in [3.05, 3.63) is 106 Å². The predicted molar refractivity (Wildman–Crippen MR) is 212 cm³/mol. The Morgan fingerprint density at radius 2 is 1.79 bits per heavy atom. The highest BCUT2D eigenvalue weighted by Crippen LogP contribution is 2.32. The van der Waals surface area contributed by atoms with E-state index in [4.69, 9.17) is 9.97 Å². The molecule has 0 radical (unpaired) electrons. The van der Waals surface area contributed by atoms with Gasteiger partial charge in [-0.15, -0.1) is 6.58 Å². The summed E-state index contributed by atoms with van der Waals surface area (Å²) in [7, 11) is 2.07. The van der Waals surface area contributed by atoms with Crippen LogP contribution >= 0.6 is 0 Å². The SMILES string of the molecule is C=CCn1c(=O)c2cnc(Nc3ccc(N(C)CCCCCNc4ccc5c(c4)CN(C4CCC(=O)NC4=O)C5=O)cc3)nc2n1-c1ccc2c(n1)C(O)CC2. The number of benzene rings is 2. The summed E-state index contributed by atoms with van der Waals surface area (Å²) in [5, 5.41) is 19.9. The third kappa shape index (κ3) is 7.12. The minimum Gasteiger partial charge on any atom is -0.387 e. The second-order valence-electron chi connectivity index (χ2n) is 14.5. The smallest absolute Gasteiger partial charge is 0.278 e. The average molecular weight is 757 g/mol. The molecule has 2 aliphatic heterocycles. The quantitative estimate of drug-likeness (QED) is 0.0719. The highest BCUT2D eigenvalue weighted by Gasteiger charge is 2.39. The number of unbranched alkanes of at least 4 members (excludes halogenated alkanes) is 2. The zero-order valence-electron chi connectivity index (χ0n) is 31.2. The average Bonchev–Trinajstić information content (AvgIpc) is 3.82. The molecule has 3 aromatic heterocycles. The van der Waals surface area contributed by atoms with Gasteiger partial charge >= 0.3 is 0 Å². The number of carbonyl (C=O) groups is 3. The molecule has 56 heavy (non-hydrogen) atoms. The van der Waals surface area contributed by atoms with Crippen molar-refractivity contribution in [2.24, 2.45) is 0 Å². The fourth-order valence-corrected chi connectivity index (χ4v) is 7.77. The van der Waals surface area contributed by atoms with Gasteiger partial charge in [0.25, 0.3) is 11.5 Å². The molecule has 4 N–H and O–H groups in total. The molecule has 5 heterocycles. The Kier molecular flexibility index (Phi) is 10.1. The van der Waals surface area contributed by atoms with E-state index in [2.05, 4.69) is 39.5 Å². The lowest BCUT2D eigenvalue weighted by Crippen LogP contribution is -2.52. The number of piperidine rings is 1. The second kappa shape index (κ2) is 15.4. The molecule has 15 nitrogen and oxygen atoms in total. The molecule has 15 heteroatoms. The van der Waals surface area contributed by atoms with Gasteiger partial charge in [0.2, 0.25) is 17.8 Å². The van der Waals surface area contributed by atoms with Gasteiger partial charge in [0.05, 0.1) is 18.3 Å². The summed E-state index contributed by atoms with van der Waals surface area (Å²) in [6.07, 6.45) is 7.54. The van der Waals surface area contributed by atoms with Crippen LogP contribution in [-0.2, 0) is 29.1 Å². The first kappa shape index (κ1) is 36.6. The van der Waals surface area contributed by atoms with Crippen molar-refractivity contribution >= 4 is 51.8 Å². The minimum absolute atomic E-state index is 0.168. The van der Waals surface area contributed by atoms with E-state index in [0.717, 1.165) is 67.0 Å². The summed E-state index contributed by atoms with van der Waals surface area (Å²) in [5.41, 5.74) is 6.09. The summed E-state index contributed by atoms with van der Waals surface area (Å²) in [5.74, 6) is -0.0398. The molecule has 288 valence electrons. The zero-order valence-corrected chi connectivity index (χ0v) is 31.2. The van der Waals surface area contributed by atoms with Crippen LogP contribution in [0.3, 0.4) is 0 Å². The maximum atomic E-state index is 13.4. The molecule has 3 amide bonds. The summed E-state index contributed by atoms with van der Waals surface area (Å²) in [6.45, 7) is 6.11. The molecular weight excluding hydrogens is 713 g/mol. The van der Waals surface area contributed by atoms with E-state index in [-0.39, 0.29) is 30.3 Å². The number of hydrogen-bond donors (Lipinski definition) is 4. The van der Waals surface area contributed by atoms with Crippen LogP contribution in [0.1, 0.15) is 71.8 Å². The number of rotatable bonds is 14. The fourth-order valence-electron chi connectivity index (χ4n) is 7.77. The van der Waals surface area contributed by atoms with Gasteiger partial charge in [-0.2, -0.15) is 4.98 Å². The van der Waals surface area contributed by atoms with E-state index in [1.807, 2.05) is 54.6 Å². The number of anilines is 4. The number of allylic oxidation sites excluding steroid dienone is 1. The minimum atomic E-state index is -0.634. The number of fused-ring (bicyclic) bond motifs is 3. The molecule has 8 rings (SSSR count). The Hall–Kier alpha value is -6.35. The van der Waals surface area contributed by atoms with Gasteiger partial charge in [-0.3, -0.25) is 24.5 Å². The van der Waals surface area contributed by atoms with E-state index in [1.54, 1.807) is 15.7 Å². The third-order valence-electron chi connectivity index (χ3n) is 10.8. The fraction of sp³-hybridized carbons (Fsp3) is 0.341. The van der Waals surface area contributed by atoms with Crippen molar-refractivity contribution in [2.45, 2.75) is 70.2 Å². The molecule has 2 unspecified atom stereocenters. The van der Waals surface area contributed by atoms with Crippen molar-refractivity contribution < 1.29 is 19.5 Å². The van der Waals surface area contributed by atoms with Crippen LogP contribution in [0.2, 0.25) is 0 Å². The van der Waals surface area contributed by atoms with Gasteiger partial charge in [0, 0.05) is 61.9 Å². The maximum Gasteiger partial charge on any atom is 0.278 e. The molecule has 3 aliphatic rings. The van der Waals surface area contributed by atoms with Crippen LogP contribution in [0, 0.1) is 0 Å². The number of aryl methyl sites for hydroxylation is 1. The van der Waals surface area contributed by atoms with E-state index >= 15 is 0 Å². The van der Waals surface area contributed by atoms with Crippen molar-refractivity contribution in [3.63, 3.8) is 0 Å². The van der Waals surface area contributed by atoms with Crippen LogP contribution in [0.15, 0.2) is 78.2 Å². The zero-order chi connectivity index (χ0) is 38.9. The number of nitrogens with one attached hydrogen (secondary N) is 3. The van der Waals surface area contributed by atoms with E-state index in [1.165, 1.54) is 10.9 Å². The number of aromatic nitrogens is 5. The number of aliphatic hydroxyl groups is 1. The number of nitrogens with zero attached hydrogens (tertiary/aromatic N) is 7. The molecule has 0 bridgehead atoms. The van der Waals surface area contributed by atoms with Crippen LogP contribution in [0.25, 0.3) is 16.9 Å². The highest BCUT2D eigenvalue weighted by molar-refractivity contribution is 6.05. The van der Waals surface area contributed by atoms with Crippen LogP contribution in [0.5, 0.6) is 0 Å². The van der Waals surface area contributed by atoms with Crippen molar-refractivity contribution in [2.75, 3.05) is 35.7 Å². The Labute approximate surface area is 323 Å². The standard InChI is InChI=1S/C41H44N10O5/c1-3-20-50-40(56)31-23-43-41(47-37(31)51(50)34-17-8-25-7-16-33(52)36(25)45-34)44-27-9-12-29(13-10-27)48(2)21-6-4-5-19-42-28-11-14-30-26(22-28)24-49(39(30)55)32-15-18-35(53)46-38(32)54/h3,8-14,17,22-23,32-33,42,52H,1,4-7,15-16,18-21,24H2,2H3,(H,43,44,47)(H,46,53,54). The molecule has 1 fully saturated rings. The van der Waals surface area contributed by atoms with Crippen LogP contribution in [-0.4, -0.2) is 78.2 Å². The monoisotopic (exact) mass is 756 g/mol. The van der Waals surface area contributed by atoms with Gasteiger partial charge in [0.15, 0.2) is 11.5 Å². The number of pyridine rings is 1. The predicted octanol–water partition coefficient (Wildman–Crippen LogP) is 4.37. The molecule has 5 aromatic rings. The molecule has 0 spiro atoms. The van der Waals surface area contributed by atoms with E-state index < -0.39 is 18.1 Å². The molecule has 0 saturated carbocycles. The van der Waals surface area contributed by atoms with Crippen molar-refractivity contribution in [1.29, 1.82) is 0 Å². The first-order valence-corrected chi connectivity index (χ1v) is 19.1. The Bertz CT molecular complexity index is 2400. The molecule has 2 aromatic carbocycles. The van der Waals surface area contributed by atoms with Gasteiger partial charge in [-0.25, -0.2) is 19.3 Å². The number of hydrogen-bond acceptors (Lipinski definition) is 11. The van der Waals surface area contributed by atoms with Crippen molar-refractivity contribution in [3.8, 4) is 5.82 Å². The Balaban J connectivity index is 0.832.